The maximum absolute atomic E-state index is 13.5. The number of hydrogen-bond donors (Lipinski definition) is 1. The zero-order valence-electron chi connectivity index (χ0n) is 13.8. The van der Waals surface area contributed by atoms with Gasteiger partial charge in [-0.1, -0.05) is 36.4 Å². The molecule has 2 aromatic carbocycles. The summed E-state index contributed by atoms with van der Waals surface area (Å²) in [4.78, 5) is 12.2. The van der Waals surface area contributed by atoms with Gasteiger partial charge in [0.2, 0.25) is 0 Å². The van der Waals surface area contributed by atoms with E-state index in [1.54, 1.807) is 25.3 Å². The number of rotatable bonds is 6. The zero-order chi connectivity index (χ0) is 17.6. The van der Waals surface area contributed by atoms with E-state index >= 15 is 0 Å². The number of esters is 1. The van der Waals surface area contributed by atoms with Crippen molar-refractivity contribution in [1.29, 1.82) is 0 Å². The van der Waals surface area contributed by atoms with Crippen LogP contribution in [0.2, 0.25) is 0 Å². The van der Waals surface area contributed by atoms with Crippen LogP contribution in [0.4, 0.5) is 10.2 Å². The van der Waals surface area contributed by atoms with E-state index in [0.29, 0.717) is 23.6 Å². The van der Waals surface area contributed by atoms with Crippen molar-refractivity contribution in [3.05, 3.63) is 77.7 Å². The average molecular weight is 339 g/mol. The number of nitrogens with one attached hydrogen (secondary N) is 1. The number of nitrogens with zero attached hydrogens (tertiary/aromatic N) is 2. The predicted octanol–water partition coefficient (Wildman–Crippen LogP) is 3.80. The molecule has 0 saturated heterocycles. The van der Waals surface area contributed by atoms with Crippen LogP contribution in [0.15, 0.2) is 60.8 Å². The molecule has 6 heteroatoms. The van der Waals surface area contributed by atoms with Crippen molar-refractivity contribution >= 4 is 11.8 Å². The molecule has 0 spiro atoms. The molecule has 0 aliphatic heterocycles. The number of aromatic nitrogens is 2. The molecule has 0 unspecified atom stereocenters. The fourth-order valence-electron chi connectivity index (χ4n) is 2.40. The first kappa shape index (κ1) is 16.7. The second-order valence-electron chi connectivity index (χ2n) is 5.38. The summed E-state index contributed by atoms with van der Waals surface area (Å²) in [6.45, 7) is 2.52. The van der Waals surface area contributed by atoms with Crippen LogP contribution in [-0.2, 0) is 11.3 Å². The molecular weight excluding hydrogens is 321 g/mol. The Hall–Kier alpha value is -3.15. The Balaban J connectivity index is 1.90. The molecule has 1 aromatic heterocycles. The lowest BCUT2D eigenvalue weighted by Gasteiger charge is -2.06. The number of anilines is 1. The van der Waals surface area contributed by atoms with Crippen LogP contribution in [0.3, 0.4) is 0 Å². The standard InChI is InChI=1S/C19H18FN3O2/c1-2-25-19(24)17-13-23(16-10-6-9-15(20)11-16)22-18(17)21-12-14-7-4-3-5-8-14/h3-11,13H,2,12H2,1H3,(H,21,22). The molecule has 25 heavy (non-hydrogen) atoms. The Morgan fingerprint density at radius 3 is 2.72 bits per heavy atom. The topological polar surface area (TPSA) is 56.2 Å². The van der Waals surface area contributed by atoms with Crippen LogP contribution in [-0.4, -0.2) is 22.4 Å². The maximum Gasteiger partial charge on any atom is 0.343 e. The summed E-state index contributed by atoms with van der Waals surface area (Å²) in [6, 6.07) is 15.8. The van der Waals surface area contributed by atoms with Crippen molar-refractivity contribution < 1.29 is 13.9 Å². The minimum atomic E-state index is -0.472. The van der Waals surface area contributed by atoms with Crippen LogP contribution in [0.25, 0.3) is 5.69 Å². The van der Waals surface area contributed by atoms with Crippen molar-refractivity contribution in [2.45, 2.75) is 13.5 Å². The highest BCUT2D eigenvalue weighted by Crippen LogP contribution is 2.19. The van der Waals surface area contributed by atoms with Gasteiger partial charge in [0.1, 0.15) is 11.4 Å². The van der Waals surface area contributed by atoms with Gasteiger partial charge in [-0.3, -0.25) is 0 Å². The summed E-state index contributed by atoms with van der Waals surface area (Å²) in [6.07, 6.45) is 1.54. The normalized spacial score (nSPS) is 10.5. The Kier molecular flexibility index (Phi) is 5.09. The van der Waals surface area contributed by atoms with E-state index in [1.807, 2.05) is 30.3 Å². The largest absolute Gasteiger partial charge is 0.462 e. The lowest BCUT2D eigenvalue weighted by atomic mass is 10.2. The Morgan fingerprint density at radius 2 is 2.00 bits per heavy atom. The van der Waals surface area contributed by atoms with Crippen molar-refractivity contribution in [2.24, 2.45) is 0 Å². The molecule has 0 aliphatic carbocycles. The van der Waals surface area contributed by atoms with Crippen molar-refractivity contribution in [1.82, 2.24) is 9.78 Å². The monoisotopic (exact) mass is 339 g/mol. The summed E-state index contributed by atoms with van der Waals surface area (Å²) < 4.78 is 20.0. The van der Waals surface area contributed by atoms with E-state index in [9.17, 15) is 9.18 Å². The molecule has 0 amide bonds. The van der Waals surface area contributed by atoms with E-state index < -0.39 is 5.97 Å². The number of hydrogen-bond acceptors (Lipinski definition) is 4. The van der Waals surface area contributed by atoms with Gasteiger partial charge in [-0.2, -0.15) is 0 Å². The number of halogens is 1. The Labute approximate surface area is 145 Å². The van der Waals surface area contributed by atoms with E-state index in [4.69, 9.17) is 4.74 Å². The first-order valence-corrected chi connectivity index (χ1v) is 7.98. The third-order valence-corrected chi connectivity index (χ3v) is 3.59. The van der Waals surface area contributed by atoms with E-state index in [0.717, 1.165) is 5.56 Å². The summed E-state index contributed by atoms with van der Waals surface area (Å²) in [5.41, 5.74) is 1.89. The molecular formula is C19H18FN3O2. The van der Waals surface area contributed by atoms with Gasteiger partial charge >= 0.3 is 5.97 Å². The first-order valence-electron chi connectivity index (χ1n) is 7.98. The summed E-state index contributed by atoms with van der Waals surface area (Å²) >= 11 is 0. The molecule has 128 valence electrons. The summed E-state index contributed by atoms with van der Waals surface area (Å²) in [7, 11) is 0. The van der Waals surface area contributed by atoms with Crippen molar-refractivity contribution in [3.8, 4) is 5.69 Å². The summed E-state index contributed by atoms with van der Waals surface area (Å²) in [5, 5.41) is 7.53. The third kappa shape index (κ3) is 4.03. The summed E-state index contributed by atoms with van der Waals surface area (Å²) in [5.74, 6) is -0.447. The van der Waals surface area contributed by atoms with Gasteiger partial charge in [-0.25, -0.2) is 13.9 Å². The van der Waals surface area contributed by atoms with Gasteiger partial charge in [0, 0.05) is 12.7 Å². The third-order valence-electron chi connectivity index (χ3n) is 3.59. The second-order valence-corrected chi connectivity index (χ2v) is 5.38. The van der Waals surface area contributed by atoms with Gasteiger partial charge < -0.3 is 10.1 Å². The van der Waals surface area contributed by atoms with Crippen LogP contribution >= 0.6 is 0 Å². The molecule has 0 bridgehead atoms. The van der Waals surface area contributed by atoms with Crippen LogP contribution < -0.4 is 5.32 Å². The van der Waals surface area contributed by atoms with Gasteiger partial charge in [-0.15, -0.1) is 5.10 Å². The molecule has 1 heterocycles. The highest BCUT2D eigenvalue weighted by atomic mass is 19.1. The van der Waals surface area contributed by atoms with E-state index in [-0.39, 0.29) is 12.4 Å². The molecule has 0 atom stereocenters. The van der Waals surface area contributed by atoms with E-state index in [1.165, 1.54) is 16.8 Å². The number of ether oxygens (including phenoxy) is 1. The van der Waals surface area contributed by atoms with Crippen LogP contribution in [0.1, 0.15) is 22.8 Å². The van der Waals surface area contributed by atoms with Crippen molar-refractivity contribution in [2.75, 3.05) is 11.9 Å². The molecule has 5 nitrogen and oxygen atoms in total. The lowest BCUT2D eigenvalue weighted by molar-refractivity contribution is 0.0527. The number of carbonyl (C=O) groups is 1. The van der Waals surface area contributed by atoms with Gasteiger partial charge in [0.25, 0.3) is 0 Å². The molecule has 3 aromatic rings. The quantitative estimate of drug-likeness (QED) is 0.694. The van der Waals surface area contributed by atoms with Crippen LogP contribution in [0, 0.1) is 5.82 Å². The fraction of sp³-hybridized carbons (Fsp3) is 0.158. The first-order chi connectivity index (χ1) is 12.2. The molecule has 0 saturated carbocycles. The van der Waals surface area contributed by atoms with Gasteiger partial charge in [0.05, 0.1) is 12.3 Å². The zero-order valence-corrected chi connectivity index (χ0v) is 13.8. The Morgan fingerprint density at radius 1 is 1.20 bits per heavy atom. The average Bonchev–Trinajstić information content (AvgIpc) is 3.05. The second kappa shape index (κ2) is 7.61. The van der Waals surface area contributed by atoms with Crippen LogP contribution in [0.5, 0.6) is 0 Å². The van der Waals surface area contributed by atoms with E-state index in [2.05, 4.69) is 10.4 Å². The van der Waals surface area contributed by atoms with Gasteiger partial charge in [-0.05, 0) is 30.7 Å². The minimum Gasteiger partial charge on any atom is -0.462 e. The lowest BCUT2D eigenvalue weighted by Crippen LogP contribution is -2.08. The highest BCUT2D eigenvalue weighted by Gasteiger charge is 2.18. The number of benzene rings is 2. The van der Waals surface area contributed by atoms with Gasteiger partial charge in [0.15, 0.2) is 5.82 Å². The molecule has 1 N–H and O–H groups in total. The van der Waals surface area contributed by atoms with Crippen molar-refractivity contribution in [3.63, 3.8) is 0 Å². The minimum absolute atomic E-state index is 0.266. The Bertz CT molecular complexity index is 862. The smallest absolute Gasteiger partial charge is 0.343 e. The molecule has 0 aliphatic rings. The molecule has 0 fully saturated rings. The fourth-order valence-corrected chi connectivity index (χ4v) is 2.40. The number of carbonyl (C=O) groups excluding carboxylic acids is 1. The SMILES string of the molecule is CCOC(=O)c1cn(-c2cccc(F)c2)nc1NCc1ccccc1. The highest BCUT2D eigenvalue weighted by molar-refractivity contribution is 5.94. The predicted molar refractivity (Wildman–Crippen MR) is 93.2 cm³/mol. The molecule has 3 rings (SSSR count). The maximum atomic E-state index is 13.5. The molecule has 0 radical (unpaired) electrons.